The van der Waals surface area contributed by atoms with Crippen molar-refractivity contribution in [1.82, 2.24) is 10.2 Å². The summed E-state index contributed by atoms with van der Waals surface area (Å²) in [4.78, 5) is 2.56. The first-order chi connectivity index (χ1) is 7.90. The Kier molecular flexibility index (Phi) is 4.62. The van der Waals surface area contributed by atoms with Crippen molar-refractivity contribution in [1.29, 1.82) is 5.26 Å². The summed E-state index contributed by atoms with van der Waals surface area (Å²) in [6, 6.07) is 2.26. The van der Waals surface area contributed by atoms with E-state index in [4.69, 9.17) is 10.6 Å². The van der Waals surface area contributed by atoms with Gasteiger partial charge >= 0.3 is 0 Å². The Labute approximate surface area is 98.8 Å². The van der Waals surface area contributed by atoms with Crippen molar-refractivity contribution in [2.75, 3.05) is 19.6 Å². The van der Waals surface area contributed by atoms with Gasteiger partial charge in [0.05, 0.1) is 12.2 Å². The summed E-state index contributed by atoms with van der Waals surface area (Å²) in [7, 11) is 0. The summed E-state index contributed by atoms with van der Waals surface area (Å²) in [5, 5.41) is 13.3. The highest BCUT2D eigenvalue weighted by molar-refractivity contribution is 4.81. The third kappa shape index (κ3) is 3.20. The Bertz CT molecular complexity index is 232. The van der Waals surface area contributed by atoms with Gasteiger partial charge in [0.15, 0.2) is 0 Å². The molecule has 2 aliphatic heterocycles. The molecule has 2 aliphatic rings. The highest BCUT2D eigenvalue weighted by Crippen LogP contribution is 2.24. The van der Waals surface area contributed by atoms with Crippen LogP contribution < -0.4 is 5.32 Å². The average Bonchev–Trinajstić information content (AvgIpc) is 2.38. The molecule has 1 atom stereocenters. The third-order valence-corrected chi connectivity index (χ3v) is 3.95. The summed E-state index contributed by atoms with van der Waals surface area (Å²) in [5.74, 6) is 0.791. The molecule has 3 heteroatoms. The molecule has 0 N–H and O–H groups in total. The fourth-order valence-corrected chi connectivity index (χ4v) is 2.88. The van der Waals surface area contributed by atoms with Crippen molar-refractivity contribution in [3.05, 3.63) is 0 Å². The molecule has 1 unspecified atom stereocenters. The molecule has 89 valence electrons. The van der Waals surface area contributed by atoms with Crippen LogP contribution in [0, 0.1) is 17.2 Å². The predicted octanol–water partition coefficient (Wildman–Crippen LogP) is 2.12. The van der Waals surface area contributed by atoms with Gasteiger partial charge in [-0.2, -0.15) is 5.26 Å². The molecule has 0 aliphatic carbocycles. The lowest BCUT2D eigenvalue weighted by atomic mass is 9.91. The van der Waals surface area contributed by atoms with E-state index in [1.807, 2.05) is 0 Å². The minimum atomic E-state index is 0.519. The topological polar surface area (TPSA) is 41.1 Å². The Morgan fingerprint density at radius 1 is 1.19 bits per heavy atom. The first-order valence-corrected chi connectivity index (χ1v) is 6.68. The SMILES string of the molecule is N#CCCC1CCN(C2CCCC[N]2)CC1. The molecule has 1 radical (unpaired) electrons. The van der Waals surface area contributed by atoms with Crippen molar-refractivity contribution < 1.29 is 0 Å². The van der Waals surface area contributed by atoms with Crippen LogP contribution in [-0.4, -0.2) is 30.7 Å². The fourth-order valence-electron chi connectivity index (χ4n) is 2.88. The van der Waals surface area contributed by atoms with Gasteiger partial charge in [-0.3, -0.25) is 4.90 Å². The van der Waals surface area contributed by atoms with Gasteiger partial charge in [-0.1, -0.05) is 0 Å². The maximum absolute atomic E-state index is 8.58. The van der Waals surface area contributed by atoms with Gasteiger partial charge in [0.25, 0.3) is 0 Å². The molecule has 0 amide bonds. The second-order valence-electron chi connectivity index (χ2n) is 5.06. The van der Waals surface area contributed by atoms with Crippen LogP contribution in [0.2, 0.25) is 0 Å². The summed E-state index contributed by atoms with van der Waals surface area (Å²) in [5.41, 5.74) is 0. The van der Waals surface area contributed by atoms with Crippen molar-refractivity contribution >= 4 is 0 Å². The fraction of sp³-hybridized carbons (Fsp3) is 0.923. The number of rotatable bonds is 3. The largest absolute Gasteiger partial charge is 0.287 e. The monoisotopic (exact) mass is 220 g/mol. The van der Waals surface area contributed by atoms with Gasteiger partial charge in [-0.25, -0.2) is 5.32 Å². The molecule has 2 rings (SSSR count). The zero-order valence-electron chi connectivity index (χ0n) is 10.1. The first-order valence-electron chi connectivity index (χ1n) is 6.68. The Morgan fingerprint density at radius 3 is 2.62 bits per heavy atom. The van der Waals surface area contributed by atoms with Crippen LogP contribution in [0.4, 0.5) is 0 Å². The lowest BCUT2D eigenvalue weighted by Crippen LogP contribution is -2.47. The predicted molar refractivity (Wildman–Crippen MR) is 63.8 cm³/mol. The molecule has 0 aromatic carbocycles. The lowest BCUT2D eigenvalue weighted by Gasteiger charge is -2.38. The minimum absolute atomic E-state index is 0.519. The Hall–Kier alpha value is -0.590. The summed E-state index contributed by atoms with van der Waals surface area (Å²) in [6.45, 7) is 3.47. The van der Waals surface area contributed by atoms with E-state index < -0.39 is 0 Å². The van der Waals surface area contributed by atoms with Crippen molar-refractivity contribution in [2.24, 2.45) is 5.92 Å². The van der Waals surface area contributed by atoms with Gasteiger partial charge < -0.3 is 0 Å². The highest BCUT2D eigenvalue weighted by atomic mass is 15.3. The van der Waals surface area contributed by atoms with Crippen LogP contribution in [0.1, 0.15) is 44.9 Å². The van der Waals surface area contributed by atoms with Crippen LogP contribution in [0.5, 0.6) is 0 Å². The van der Waals surface area contributed by atoms with Crippen LogP contribution in [0.3, 0.4) is 0 Å². The smallest absolute Gasteiger partial charge is 0.0760 e. The molecule has 16 heavy (non-hydrogen) atoms. The Morgan fingerprint density at radius 2 is 2.00 bits per heavy atom. The molecule has 0 saturated carbocycles. The van der Waals surface area contributed by atoms with E-state index >= 15 is 0 Å². The lowest BCUT2D eigenvalue weighted by molar-refractivity contribution is 0.0885. The number of likely N-dealkylation sites (tertiary alicyclic amines) is 1. The number of hydrogen-bond acceptors (Lipinski definition) is 2. The van der Waals surface area contributed by atoms with E-state index in [1.54, 1.807) is 0 Å². The number of piperidine rings is 2. The van der Waals surface area contributed by atoms with Crippen molar-refractivity contribution in [3.8, 4) is 6.07 Å². The number of hydrogen-bond donors (Lipinski definition) is 0. The van der Waals surface area contributed by atoms with Gasteiger partial charge in [0.1, 0.15) is 0 Å². The number of nitriles is 1. The molecule has 2 saturated heterocycles. The van der Waals surface area contributed by atoms with E-state index in [1.165, 1.54) is 45.2 Å². The molecule has 0 aromatic heterocycles. The minimum Gasteiger partial charge on any atom is -0.287 e. The van der Waals surface area contributed by atoms with E-state index in [-0.39, 0.29) is 0 Å². The van der Waals surface area contributed by atoms with E-state index in [0.29, 0.717) is 6.17 Å². The molecular formula is C13H22N3. The standard InChI is InChI=1S/C13H22N3/c14-8-3-4-12-6-10-16(11-7-12)13-5-1-2-9-15-13/h12-13H,1-7,9-11H2. The molecule has 0 aromatic rings. The van der Waals surface area contributed by atoms with Crippen LogP contribution in [0.25, 0.3) is 0 Å². The zero-order chi connectivity index (χ0) is 11.2. The second kappa shape index (κ2) is 6.22. The van der Waals surface area contributed by atoms with Gasteiger partial charge in [0.2, 0.25) is 0 Å². The van der Waals surface area contributed by atoms with Crippen LogP contribution in [-0.2, 0) is 0 Å². The first kappa shape index (κ1) is 11.9. The molecule has 3 nitrogen and oxygen atoms in total. The van der Waals surface area contributed by atoms with Gasteiger partial charge in [-0.15, -0.1) is 0 Å². The molecule has 0 bridgehead atoms. The Balaban J connectivity index is 1.70. The molecule has 2 heterocycles. The van der Waals surface area contributed by atoms with E-state index in [0.717, 1.165) is 25.3 Å². The van der Waals surface area contributed by atoms with Gasteiger partial charge in [-0.05, 0) is 57.5 Å². The van der Waals surface area contributed by atoms with Crippen molar-refractivity contribution in [2.45, 2.75) is 51.1 Å². The quantitative estimate of drug-likeness (QED) is 0.731. The molecule has 0 spiro atoms. The van der Waals surface area contributed by atoms with Crippen molar-refractivity contribution in [3.63, 3.8) is 0 Å². The maximum atomic E-state index is 8.58. The van der Waals surface area contributed by atoms with Crippen LogP contribution >= 0.6 is 0 Å². The normalized spacial score (nSPS) is 28.8. The second-order valence-corrected chi connectivity index (χ2v) is 5.06. The summed E-state index contributed by atoms with van der Waals surface area (Å²) >= 11 is 0. The summed E-state index contributed by atoms with van der Waals surface area (Å²) < 4.78 is 0. The zero-order valence-corrected chi connectivity index (χ0v) is 10.1. The molecular weight excluding hydrogens is 198 g/mol. The molecule has 2 fully saturated rings. The van der Waals surface area contributed by atoms with Gasteiger partial charge in [0, 0.05) is 13.0 Å². The average molecular weight is 220 g/mol. The maximum Gasteiger partial charge on any atom is 0.0760 e. The third-order valence-electron chi connectivity index (χ3n) is 3.95. The van der Waals surface area contributed by atoms with Crippen LogP contribution in [0.15, 0.2) is 0 Å². The highest BCUT2D eigenvalue weighted by Gasteiger charge is 2.26. The number of nitrogens with zero attached hydrogens (tertiary/aromatic N) is 3. The summed E-state index contributed by atoms with van der Waals surface area (Å²) in [6.07, 6.45) is 8.80. The van der Waals surface area contributed by atoms with E-state index in [2.05, 4.69) is 11.0 Å². The van der Waals surface area contributed by atoms with E-state index in [9.17, 15) is 0 Å².